The van der Waals surface area contributed by atoms with E-state index >= 15 is 0 Å². The van der Waals surface area contributed by atoms with E-state index in [1.807, 2.05) is 43.3 Å². The number of thioether (sulfide) groups is 1. The minimum atomic E-state index is -0.120. The summed E-state index contributed by atoms with van der Waals surface area (Å²) in [6.07, 6.45) is 2.59. The van der Waals surface area contributed by atoms with Crippen molar-refractivity contribution in [2.24, 2.45) is 0 Å². The predicted molar refractivity (Wildman–Crippen MR) is 98.7 cm³/mol. The fourth-order valence-electron chi connectivity index (χ4n) is 2.28. The monoisotopic (exact) mass is 339 g/mol. The maximum atomic E-state index is 12.6. The lowest BCUT2D eigenvalue weighted by atomic mass is 10.1. The summed E-state index contributed by atoms with van der Waals surface area (Å²) in [5, 5.41) is 0. The van der Waals surface area contributed by atoms with Gasteiger partial charge in [0.05, 0.1) is 10.6 Å². The molecule has 3 rings (SSSR count). The third-order valence-electron chi connectivity index (χ3n) is 3.42. The Morgan fingerprint density at radius 2 is 1.78 bits per heavy atom. The number of benzene rings is 2. The van der Waals surface area contributed by atoms with E-state index in [2.05, 4.69) is 0 Å². The number of hydrogen-bond acceptors (Lipinski definition) is 4. The van der Waals surface area contributed by atoms with Gasteiger partial charge < -0.3 is 0 Å². The predicted octanol–water partition coefficient (Wildman–Crippen LogP) is 4.21. The quantitative estimate of drug-likeness (QED) is 0.477. The Kier molecular flexibility index (Phi) is 4.41. The first kappa shape index (κ1) is 15.6. The molecule has 0 radical (unpaired) electrons. The van der Waals surface area contributed by atoms with Crippen molar-refractivity contribution in [1.29, 1.82) is 0 Å². The molecule has 3 nitrogen and oxygen atoms in total. The van der Waals surface area contributed by atoms with E-state index in [0.717, 1.165) is 23.1 Å². The summed E-state index contributed by atoms with van der Waals surface area (Å²) in [6.45, 7) is 1.98. The number of amides is 1. The first-order chi connectivity index (χ1) is 11.1. The van der Waals surface area contributed by atoms with Crippen molar-refractivity contribution >= 4 is 52.3 Å². The van der Waals surface area contributed by atoms with E-state index in [9.17, 15) is 9.59 Å². The third-order valence-corrected chi connectivity index (χ3v) is 4.73. The van der Waals surface area contributed by atoms with Crippen molar-refractivity contribution in [2.45, 2.75) is 6.92 Å². The van der Waals surface area contributed by atoms with E-state index in [4.69, 9.17) is 12.2 Å². The van der Waals surface area contributed by atoms with Crippen LogP contribution in [0.1, 0.15) is 21.5 Å². The highest BCUT2D eigenvalue weighted by Crippen LogP contribution is 2.36. The summed E-state index contributed by atoms with van der Waals surface area (Å²) in [5.41, 5.74) is 3.33. The maximum absolute atomic E-state index is 12.6. The van der Waals surface area contributed by atoms with Crippen LogP contribution in [0.2, 0.25) is 0 Å². The Balaban J connectivity index is 1.91. The van der Waals surface area contributed by atoms with Crippen LogP contribution in [0.25, 0.3) is 6.08 Å². The van der Waals surface area contributed by atoms with Crippen LogP contribution in [0.3, 0.4) is 0 Å². The van der Waals surface area contributed by atoms with Gasteiger partial charge in [0.1, 0.15) is 6.29 Å². The third kappa shape index (κ3) is 3.25. The van der Waals surface area contributed by atoms with Crippen LogP contribution in [-0.2, 0) is 4.79 Å². The fraction of sp³-hybridized carbons (Fsp3) is 0.0556. The zero-order chi connectivity index (χ0) is 16.4. The highest BCUT2D eigenvalue weighted by molar-refractivity contribution is 8.27. The standard InChI is InChI=1S/C18H13NO2S2/c1-12-3-2-4-15(9-12)19-17(21)16(23-18(19)22)10-13-5-7-14(11-20)8-6-13/h2-11H,1H3. The largest absolute Gasteiger partial charge is 0.298 e. The molecule has 1 aliphatic rings. The molecule has 1 saturated heterocycles. The molecular formula is C18H13NO2S2. The van der Waals surface area contributed by atoms with Gasteiger partial charge in [-0.25, -0.2) is 0 Å². The smallest absolute Gasteiger partial charge is 0.270 e. The number of carbonyl (C=O) groups excluding carboxylic acids is 2. The highest BCUT2D eigenvalue weighted by Gasteiger charge is 2.33. The normalized spacial score (nSPS) is 16.2. The van der Waals surface area contributed by atoms with E-state index in [-0.39, 0.29) is 5.91 Å². The average molecular weight is 339 g/mol. The second-order valence-electron chi connectivity index (χ2n) is 5.14. The zero-order valence-corrected chi connectivity index (χ0v) is 14.0. The van der Waals surface area contributed by atoms with Gasteiger partial charge in [0.2, 0.25) is 0 Å². The van der Waals surface area contributed by atoms with E-state index < -0.39 is 0 Å². The Morgan fingerprint density at radius 1 is 1.09 bits per heavy atom. The van der Waals surface area contributed by atoms with E-state index in [0.29, 0.717) is 14.8 Å². The number of thiocarbonyl (C=S) groups is 1. The molecule has 1 aliphatic heterocycles. The second-order valence-corrected chi connectivity index (χ2v) is 6.82. The molecule has 0 unspecified atom stereocenters. The molecule has 114 valence electrons. The summed E-state index contributed by atoms with van der Waals surface area (Å²) in [6, 6.07) is 14.8. The van der Waals surface area contributed by atoms with Gasteiger partial charge in [-0.05, 0) is 36.3 Å². The van der Waals surface area contributed by atoms with Crippen LogP contribution in [0.5, 0.6) is 0 Å². The van der Waals surface area contributed by atoms with Crippen molar-refractivity contribution in [2.75, 3.05) is 4.90 Å². The van der Waals surface area contributed by atoms with Crippen molar-refractivity contribution < 1.29 is 9.59 Å². The van der Waals surface area contributed by atoms with Gasteiger partial charge in [0.15, 0.2) is 4.32 Å². The molecule has 5 heteroatoms. The molecule has 1 amide bonds. The highest BCUT2D eigenvalue weighted by atomic mass is 32.2. The molecule has 2 aromatic rings. The first-order valence-electron chi connectivity index (χ1n) is 6.98. The van der Waals surface area contributed by atoms with Gasteiger partial charge in [-0.2, -0.15) is 0 Å². The van der Waals surface area contributed by atoms with Gasteiger partial charge in [0, 0.05) is 5.56 Å². The minimum Gasteiger partial charge on any atom is -0.298 e. The van der Waals surface area contributed by atoms with Crippen LogP contribution >= 0.6 is 24.0 Å². The molecule has 2 aromatic carbocycles. The van der Waals surface area contributed by atoms with Crippen molar-refractivity contribution in [3.05, 3.63) is 70.1 Å². The minimum absolute atomic E-state index is 0.120. The van der Waals surface area contributed by atoms with Crippen molar-refractivity contribution in [3.8, 4) is 0 Å². The topological polar surface area (TPSA) is 37.4 Å². The molecular weight excluding hydrogens is 326 g/mol. The molecule has 0 aromatic heterocycles. The SMILES string of the molecule is Cc1cccc(N2C(=O)C(=Cc3ccc(C=O)cc3)SC2=S)c1. The summed E-state index contributed by atoms with van der Waals surface area (Å²) < 4.78 is 0.524. The van der Waals surface area contributed by atoms with Crippen LogP contribution < -0.4 is 4.90 Å². The number of hydrogen-bond donors (Lipinski definition) is 0. The van der Waals surface area contributed by atoms with Crippen molar-refractivity contribution in [1.82, 2.24) is 0 Å². The molecule has 1 fully saturated rings. The zero-order valence-electron chi connectivity index (χ0n) is 12.4. The summed E-state index contributed by atoms with van der Waals surface area (Å²) >= 11 is 6.64. The summed E-state index contributed by atoms with van der Waals surface area (Å²) in [4.78, 5) is 25.5. The second kappa shape index (κ2) is 6.48. The van der Waals surface area contributed by atoms with Gasteiger partial charge in [-0.3, -0.25) is 14.5 Å². The average Bonchev–Trinajstić information content (AvgIpc) is 2.82. The Hall–Kier alpha value is -2.24. The van der Waals surface area contributed by atoms with Crippen LogP contribution in [-0.4, -0.2) is 16.5 Å². The van der Waals surface area contributed by atoms with Gasteiger partial charge >= 0.3 is 0 Å². The number of aldehydes is 1. The molecule has 0 atom stereocenters. The molecule has 0 spiro atoms. The number of carbonyl (C=O) groups is 2. The number of anilines is 1. The van der Waals surface area contributed by atoms with Gasteiger partial charge in [-0.15, -0.1) is 0 Å². The summed E-state index contributed by atoms with van der Waals surface area (Å²) in [5.74, 6) is -0.120. The number of rotatable bonds is 3. The maximum Gasteiger partial charge on any atom is 0.270 e. The van der Waals surface area contributed by atoms with E-state index in [1.165, 1.54) is 11.8 Å². The Morgan fingerprint density at radius 3 is 2.43 bits per heavy atom. The lowest BCUT2D eigenvalue weighted by molar-refractivity contribution is -0.113. The van der Waals surface area contributed by atoms with Crippen LogP contribution in [0, 0.1) is 6.92 Å². The van der Waals surface area contributed by atoms with Crippen LogP contribution in [0.15, 0.2) is 53.4 Å². The molecule has 0 bridgehead atoms. The Bertz CT molecular complexity index is 825. The molecule has 1 heterocycles. The van der Waals surface area contributed by atoms with Crippen LogP contribution in [0.4, 0.5) is 5.69 Å². The molecule has 0 aliphatic carbocycles. The molecule has 0 N–H and O–H groups in total. The molecule has 0 saturated carbocycles. The van der Waals surface area contributed by atoms with E-state index in [1.54, 1.807) is 23.1 Å². The van der Waals surface area contributed by atoms with Gasteiger partial charge in [0.25, 0.3) is 5.91 Å². The summed E-state index contributed by atoms with van der Waals surface area (Å²) in [7, 11) is 0. The van der Waals surface area contributed by atoms with Gasteiger partial charge in [-0.1, -0.05) is 60.4 Å². The lowest BCUT2D eigenvalue weighted by Crippen LogP contribution is -2.27. The van der Waals surface area contributed by atoms with Crippen molar-refractivity contribution in [3.63, 3.8) is 0 Å². The molecule has 23 heavy (non-hydrogen) atoms. The number of aryl methyl sites for hydroxylation is 1. The first-order valence-corrected chi connectivity index (χ1v) is 8.21. The lowest BCUT2D eigenvalue weighted by Gasteiger charge is -2.14. The fourth-order valence-corrected chi connectivity index (χ4v) is 3.58. The number of nitrogens with zero attached hydrogens (tertiary/aromatic N) is 1. The Labute approximate surface area is 144 Å².